The molecule has 0 saturated carbocycles. The van der Waals surface area contributed by atoms with Gasteiger partial charge in [-0.1, -0.05) is 0 Å². The number of fused-ring (bicyclic) bond motifs is 1. The van der Waals surface area contributed by atoms with Crippen molar-refractivity contribution in [2.75, 3.05) is 39.8 Å². The van der Waals surface area contributed by atoms with Crippen molar-refractivity contribution >= 4 is 16.8 Å². The van der Waals surface area contributed by atoms with Crippen LogP contribution in [0.1, 0.15) is 55.1 Å². The third kappa shape index (κ3) is 5.29. The van der Waals surface area contributed by atoms with E-state index in [1.807, 2.05) is 30.8 Å². The Morgan fingerprint density at radius 2 is 1.95 bits per heavy atom. The average Bonchev–Trinajstić information content (AvgIpc) is 3.28. The van der Waals surface area contributed by atoms with Gasteiger partial charge in [0, 0.05) is 57.0 Å². The molecular weight excluding hydrogens is 505 g/mol. The van der Waals surface area contributed by atoms with Crippen molar-refractivity contribution in [3.8, 4) is 5.69 Å². The molecule has 0 radical (unpaired) electrons. The van der Waals surface area contributed by atoms with Gasteiger partial charge in [0.25, 0.3) is 5.91 Å². The zero-order valence-electron chi connectivity index (χ0n) is 24.4. The standard InChI is InChI=1S/C32H42FN5O2/c1-20(2)35(5)31(39)27-13-26(33)6-7-28(27)38-19-25(30-21(3)14-34-15-29(30)38)12-23-8-10-36(16-23)17-24-9-11-37(18-24)32-22(4)40-32/h6-7,13-15,19-20,22-24,32H,8-12,16-18H2,1-5H3/t22?,23-,24-,32?/m1/s1. The number of aryl methyl sites for hydroxylation is 1. The van der Waals surface area contributed by atoms with Gasteiger partial charge in [-0.2, -0.15) is 0 Å². The first-order chi connectivity index (χ1) is 19.2. The number of epoxide rings is 1. The van der Waals surface area contributed by atoms with E-state index in [2.05, 4.69) is 34.8 Å². The zero-order valence-corrected chi connectivity index (χ0v) is 24.4. The first-order valence-electron chi connectivity index (χ1n) is 14.8. The van der Waals surface area contributed by atoms with E-state index in [0.717, 1.165) is 49.6 Å². The van der Waals surface area contributed by atoms with Crippen molar-refractivity contribution < 1.29 is 13.9 Å². The number of amides is 1. The van der Waals surface area contributed by atoms with Crippen molar-refractivity contribution in [1.29, 1.82) is 0 Å². The van der Waals surface area contributed by atoms with Gasteiger partial charge in [0.05, 0.1) is 29.1 Å². The normalized spacial score (nSPS) is 25.4. The number of carbonyl (C=O) groups excluding carboxylic acids is 1. The van der Waals surface area contributed by atoms with Gasteiger partial charge in [-0.3, -0.25) is 14.7 Å². The van der Waals surface area contributed by atoms with E-state index in [9.17, 15) is 9.18 Å². The molecule has 2 unspecified atom stereocenters. The molecule has 0 bridgehead atoms. The van der Waals surface area contributed by atoms with Crippen LogP contribution in [0.3, 0.4) is 0 Å². The lowest BCUT2D eigenvalue weighted by Gasteiger charge is -2.23. The fraction of sp³-hybridized carbons (Fsp3) is 0.562. The van der Waals surface area contributed by atoms with Crippen LogP contribution in [-0.2, 0) is 11.2 Å². The molecule has 0 spiro atoms. The molecule has 4 atom stereocenters. The fourth-order valence-electron chi connectivity index (χ4n) is 6.83. The second kappa shape index (κ2) is 10.9. The molecule has 7 nitrogen and oxygen atoms in total. The average molecular weight is 548 g/mol. The van der Waals surface area contributed by atoms with Crippen LogP contribution >= 0.6 is 0 Å². The summed E-state index contributed by atoms with van der Waals surface area (Å²) in [6.45, 7) is 13.9. The molecule has 0 aliphatic carbocycles. The summed E-state index contributed by atoms with van der Waals surface area (Å²) in [6, 6.07) is 4.52. The number of likely N-dealkylation sites (tertiary alicyclic amines) is 2. The van der Waals surface area contributed by atoms with E-state index < -0.39 is 5.82 Å². The highest BCUT2D eigenvalue weighted by Gasteiger charge is 2.43. The lowest BCUT2D eigenvalue weighted by molar-refractivity contribution is 0.0754. The maximum atomic E-state index is 14.4. The lowest BCUT2D eigenvalue weighted by Crippen LogP contribution is -2.33. The number of hydrogen-bond acceptors (Lipinski definition) is 5. The molecule has 3 fully saturated rings. The van der Waals surface area contributed by atoms with Gasteiger partial charge in [-0.15, -0.1) is 0 Å². The number of pyridine rings is 1. The summed E-state index contributed by atoms with van der Waals surface area (Å²) in [7, 11) is 1.77. The van der Waals surface area contributed by atoms with Crippen molar-refractivity contribution in [3.05, 3.63) is 59.3 Å². The molecule has 3 aromatic rings. The number of benzene rings is 1. The Hall–Kier alpha value is -2.81. The third-order valence-corrected chi connectivity index (χ3v) is 9.28. The van der Waals surface area contributed by atoms with Gasteiger partial charge in [-0.05, 0) is 94.7 Å². The molecule has 3 aliphatic rings. The molecule has 40 heavy (non-hydrogen) atoms. The van der Waals surface area contributed by atoms with Gasteiger partial charge < -0.3 is 19.1 Å². The molecule has 214 valence electrons. The molecule has 5 heterocycles. The van der Waals surface area contributed by atoms with Crippen LogP contribution in [0.4, 0.5) is 4.39 Å². The fourth-order valence-corrected chi connectivity index (χ4v) is 6.83. The topological polar surface area (TPSA) is 57.1 Å². The highest BCUT2D eigenvalue weighted by Crippen LogP contribution is 2.34. The monoisotopic (exact) mass is 547 g/mol. The van der Waals surface area contributed by atoms with Crippen LogP contribution in [0.15, 0.2) is 36.8 Å². The predicted molar refractivity (Wildman–Crippen MR) is 155 cm³/mol. The van der Waals surface area contributed by atoms with Gasteiger partial charge in [0.1, 0.15) is 12.0 Å². The highest BCUT2D eigenvalue weighted by atomic mass is 19.1. The Kier molecular flexibility index (Phi) is 7.44. The zero-order chi connectivity index (χ0) is 28.1. The minimum atomic E-state index is -0.411. The van der Waals surface area contributed by atoms with Gasteiger partial charge in [-0.25, -0.2) is 4.39 Å². The number of halogens is 1. The Morgan fingerprint density at radius 3 is 2.70 bits per heavy atom. The summed E-state index contributed by atoms with van der Waals surface area (Å²) in [5.74, 6) is 0.708. The largest absolute Gasteiger partial charge is 0.353 e. The van der Waals surface area contributed by atoms with Crippen LogP contribution in [0.5, 0.6) is 0 Å². The maximum Gasteiger partial charge on any atom is 0.256 e. The smallest absolute Gasteiger partial charge is 0.256 e. The number of hydrogen-bond donors (Lipinski definition) is 0. The van der Waals surface area contributed by atoms with E-state index in [-0.39, 0.29) is 11.9 Å². The van der Waals surface area contributed by atoms with E-state index in [4.69, 9.17) is 4.74 Å². The van der Waals surface area contributed by atoms with Crippen molar-refractivity contribution in [2.24, 2.45) is 11.8 Å². The Morgan fingerprint density at radius 1 is 1.18 bits per heavy atom. The van der Waals surface area contributed by atoms with Crippen LogP contribution < -0.4 is 0 Å². The van der Waals surface area contributed by atoms with Gasteiger partial charge in [0.15, 0.2) is 0 Å². The van der Waals surface area contributed by atoms with E-state index >= 15 is 0 Å². The summed E-state index contributed by atoms with van der Waals surface area (Å²) in [4.78, 5) is 24.7. The van der Waals surface area contributed by atoms with Crippen molar-refractivity contribution in [3.63, 3.8) is 0 Å². The van der Waals surface area contributed by atoms with Crippen LogP contribution in [-0.4, -0.2) is 88.3 Å². The second-order valence-electron chi connectivity index (χ2n) is 12.5. The minimum absolute atomic E-state index is 0.00714. The van der Waals surface area contributed by atoms with Crippen molar-refractivity contribution in [1.82, 2.24) is 24.3 Å². The highest BCUT2D eigenvalue weighted by molar-refractivity contribution is 5.99. The third-order valence-electron chi connectivity index (χ3n) is 9.28. The minimum Gasteiger partial charge on any atom is -0.353 e. The Balaban J connectivity index is 1.23. The van der Waals surface area contributed by atoms with Crippen LogP contribution in [0, 0.1) is 24.6 Å². The Labute approximate surface area is 236 Å². The number of ether oxygens (including phenoxy) is 1. The van der Waals surface area contributed by atoms with E-state index in [0.29, 0.717) is 29.5 Å². The Bertz CT molecular complexity index is 1400. The molecule has 6 rings (SSSR count). The van der Waals surface area contributed by atoms with Crippen molar-refractivity contribution in [2.45, 2.75) is 65.3 Å². The van der Waals surface area contributed by atoms with Gasteiger partial charge >= 0.3 is 0 Å². The lowest BCUT2D eigenvalue weighted by atomic mass is 9.97. The molecule has 3 saturated heterocycles. The summed E-state index contributed by atoms with van der Waals surface area (Å²) < 4.78 is 22.1. The molecule has 8 heteroatoms. The van der Waals surface area contributed by atoms with Gasteiger partial charge in [0.2, 0.25) is 0 Å². The van der Waals surface area contributed by atoms with Crippen LogP contribution in [0.2, 0.25) is 0 Å². The predicted octanol–water partition coefficient (Wildman–Crippen LogP) is 4.88. The number of carbonyl (C=O) groups is 1. The molecule has 0 N–H and O–H groups in total. The summed E-state index contributed by atoms with van der Waals surface area (Å²) in [5, 5.41) is 1.19. The maximum absolute atomic E-state index is 14.4. The first kappa shape index (κ1) is 27.4. The summed E-state index contributed by atoms with van der Waals surface area (Å²) in [5.41, 5.74) is 4.41. The molecule has 2 aromatic heterocycles. The molecule has 1 amide bonds. The molecule has 1 aromatic carbocycles. The summed E-state index contributed by atoms with van der Waals surface area (Å²) in [6.07, 6.45) is 10.1. The quantitative estimate of drug-likeness (QED) is 0.376. The number of rotatable bonds is 8. The van der Waals surface area contributed by atoms with E-state index in [1.165, 1.54) is 42.5 Å². The number of nitrogens with zero attached hydrogens (tertiary/aromatic N) is 5. The summed E-state index contributed by atoms with van der Waals surface area (Å²) >= 11 is 0. The number of aromatic nitrogens is 2. The molecule has 3 aliphatic heterocycles. The van der Waals surface area contributed by atoms with Crippen LogP contribution in [0.25, 0.3) is 16.6 Å². The van der Waals surface area contributed by atoms with E-state index in [1.54, 1.807) is 18.0 Å². The second-order valence-corrected chi connectivity index (χ2v) is 12.5. The molecular formula is C32H42FN5O2. The first-order valence-corrected chi connectivity index (χ1v) is 14.8. The SMILES string of the molecule is Cc1cncc2c1c(C[C@H]1CCN(C[C@H]3CCN(C4OC4C)C3)C1)cn2-c1ccc(F)cc1C(=O)N(C)C(C)C.